The Morgan fingerprint density at radius 2 is 1.89 bits per heavy atom. The molecule has 0 saturated heterocycles. The molecule has 0 aliphatic carbocycles. The molecule has 0 saturated carbocycles. The van der Waals surface area contributed by atoms with Gasteiger partial charge in [0.15, 0.2) is 5.78 Å². The quantitative estimate of drug-likeness (QED) is 0.608. The Morgan fingerprint density at radius 3 is 2.33 bits per heavy atom. The van der Waals surface area contributed by atoms with E-state index in [1.807, 2.05) is 13.8 Å². The molecule has 0 N–H and O–H groups in total. The van der Waals surface area contributed by atoms with E-state index in [4.69, 9.17) is 4.74 Å². The predicted octanol–water partition coefficient (Wildman–Crippen LogP) is 3.28. The van der Waals surface area contributed by atoms with Crippen molar-refractivity contribution in [2.24, 2.45) is 5.92 Å². The summed E-state index contributed by atoms with van der Waals surface area (Å²) in [5, 5.41) is 0.794. The van der Waals surface area contributed by atoms with Gasteiger partial charge in [-0.3, -0.25) is 4.79 Å². The number of Topliss-reactive ketones (excluding diaryl/α,β-unsaturated/α-hetero) is 1. The maximum Gasteiger partial charge on any atom is 0.350 e. The first-order chi connectivity index (χ1) is 8.38. The standard InChI is InChI=1S/C13H19NO3S/c1-6-17-13(16)11-9(10(15)7(2)3)14-12(18-11)8(4)5/h7-8H,6H2,1-5H3. The van der Waals surface area contributed by atoms with Crippen molar-refractivity contribution in [2.45, 2.75) is 40.5 Å². The van der Waals surface area contributed by atoms with Crippen LogP contribution < -0.4 is 0 Å². The molecule has 4 nitrogen and oxygen atoms in total. The fourth-order valence-electron chi connectivity index (χ4n) is 1.36. The number of ketones is 1. The van der Waals surface area contributed by atoms with E-state index in [1.165, 1.54) is 11.3 Å². The summed E-state index contributed by atoms with van der Waals surface area (Å²) >= 11 is 1.25. The summed E-state index contributed by atoms with van der Waals surface area (Å²) < 4.78 is 4.97. The number of rotatable bonds is 5. The van der Waals surface area contributed by atoms with Crippen molar-refractivity contribution in [1.29, 1.82) is 0 Å². The molecule has 0 unspecified atom stereocenters. The summed E-state index contributed by atoms with van der Waals surface area (Å²) in [5.41, 5.74) is 0.261. The minimum Gasteiger partial charge on any atom is -0.462 e. The van der Waals surface area contributed by atoms with Crippen LogP contribution in [0.2, 0.25) is 0 Å². The van der Waals surface area contributed by atoms with Crippen molar-refractivity contribution in [3.8, 4) is 0 Å². The molecule has 0 bridgehead atoms. The number of carbonyl (C=O) groups excluding carboxylic acids is 2. The van der Waals surface area contributed by atoms with E-state index >= 15 is 0 Å². The van der Waals surface area contributed by atoms with Gasteiger partial charge in [0.05, 0.1) is 11.6 Å². The van der Waals surface area contributed by atoms with Crippen LogP contribution in [0.15, 0.2) is 0 Å². The van der Waals surface area contributed by atoms with Gasteiger partial charge in [0.1, 0.15) is 10.6 Å². The number of hydrogen-bond donors (Lipinski definition) is 0. The average Bonchev–Trinajstić information content (AvgIpc) is 2.72. The summed E-state index contributed by atoms with van der Waals surface area (Å²) in [6.07, 6.45) is 0. The maximum atomic E-state index is 12.0. The van der Waals surface area contributed by atoms with Gasteiger partial charge in [-0.25, -0.2) is 9.78 Å². The predicted molar refractivity (Wildman–Crippen MR) is 71.3 cm³/mol. The Morgan fingerprint density at radius 1 is 1.28 bits per heavy atom. The molecule has 0 atom stereocenters. The third kappa shape index (κ3) is 3.16. The maximum absolute atomic E-state index is 12.0. The van der Waals surface area contributed by atoms with Crippen LogP contribution in [0.3, 0.4) is 0 Å². The highest BCUT2D eigenvalue weighted by Crippen LogP contribution is 2.27. The van der Waals surface area contributed by atoms with E-state index in [0.29, 0.717) is 11.5 Å². The zero-order valence-corrected chi connectivity index (χ0v) is 12.3. The molecular weight excluding hydrogens is 250 g/mol. The average molecular weight is 269 g/mol. The van der Waals surface area contributed by atoms with E-state index in [-0.39, 0.29) is 23.3 Å². The molecule has 5 heteroatoms. The minimum atomic E-state index is -0.453. The number of esters is 1. The zero-order chi connectivity index (χ0) is 13.9. The monoisotopic (exact) mass is 269 g/mol. The second kappa shape index (κ2) is 6.09. The molecule has 0 spiro atoms. The summed E-state index contributed by atoms with van der Waals surface area (Å²) in [6.45, 7) is 9.60. The largest absolute Gasteiger partial charge is 0.462 e. The molecule has 0 fully saturated rings. The first-order valence-corrected chi connectivity index (χ1v) is 6.92. The molecule has 1 aromatic rings. The second-order valence-electron chi connectivity index (χ2n) is 4.62. The summed E-state index contributed by atoms with van der Waals surface area (Å²) in [5.74, 6) is -0.552. The van der Waals surface area contributed by atoms with Gasteiger partial charge in [-0.1, -0.05) is 27.7 Å². The third-order valence-corrected chi connectivity index (χ3v) is 3.69. The smallest absolute Gasteiger partial charge is 0.350 e. The first-order valence-electron chi connectivity index (χ1n) is 6.10. The van der Waals surface area contributed by atoms with Crippen molar-refractivity contribution in [2.75, 3.05) is 6.61 Å². The van der Waals surface area contributed by atoms with Crippen molar-refractivity contribution < 1.29 is 14.3 Å². The van der Waals surface area contributed by atoms with Gasteiger partial charge in [-0.05, 0) is 6.92 Å². The molecular formula is C13H19NO3S. The van der Waals surface area contributed by atoms with E-state index in [0.717, 1.165) is 5.01 Å². The molecule has 18 heavy (non-hydrogen) atoms. The highest BCUT2D eigenvalue weighted by molar-refractivity contribution is 7.14. The lowest BCUT2D eigenvalue weighted by atomic mass is 10.1. The van der Waals surface area contributed by atoms with Crippen molar-refractivity contribution in [3.63, 3.8) is 0 Å². The molecule has 0 amide bonds. The van der Waals surface area contributed by atoms with Crippen LogP contribution in [0.4, 0.5) is 0 Å². The van der Waals surface area contributed by atoms with Crippen LogP contribution in [0, 0.1) is 5.92 Å². The van der Waals surface area contributed by atoms with Crippen LogP contribution in [-0.2, 0) is 4.74 Å². The Bertz CT molecular complexity index is 449. The number of nitrogens with zero attached hydrogens (tertiary/aromatic N) is 1. The minimum absolute atomic E-state index is 0.110. The fourth-order valence-corrected chi connectivity index (χ4v) is 2.33. The van der Waals surface area contributed by atoms with Crippen molar-refractivity contribution in [1.82, 2.24) is 4.98 Å². The highest BCUT2D eigenvalue weighted by Gasteiger charge is 2.26. The Kier molecular flexibility index (Phi) is 5.02. The van der Waals surface area contributed by atoms with Gasteiger partial charge >= 0.3 is 5.97 Å². The van der Waals surface area contributed by atoms with Gasteiger partial charge in [0.2, 0.25) is 0 Å². The van der Waals surface area contributed by atoms with Crippen LogP contribution >= 0.6 is 11.3 Å². The Balaban J connectivity index is 3.21. The molecule has 0 aliphatic rings. The molecule has 0 radical (unpaired) electrons. The first kappa shape index (κ1) is 14.8. The lowest BCUT2D eigenvalue weighted by molar-refractivity contribution is 0.0528. The van der Waals surface area contributed by atoms with E-state index < -0.39 is 5.97 Å². The summed E-state index contributed by atoms with van der Waals surface area (Å²) in [4.78, 5) is 28.5. The molecule has 1 rings (SSSR count). The Hall–Kier alpha value is -1.23. The number of ether oxygens (including phenoxy) is 1. The molecule has 1 aromatic heterocycles. The van der Waals surface area contributed by atoms with Crippen LogP contribution in [-0.4, -0.2) is 23.3 Å². The molecule has 1 heterocycles. The van der Waals surface area contributed by atoms with Crippen LogP contribution in [0.25, 0.3) is 0 Å². The zero-order valence-electron chi connectivity index (χ0n) is 11.4. The van der Waals surface area contributed by atoms with Crippen molar-refractivity contribution in [3.05, 3.63) is 15.6 Å². The summed E-state index contributed by atoms with van der Waals surface area (Å²) in [7, 11) is 0. The van der Waals surface area contributed by atoms with Gasteiger partial charge in [0, 0.05) is 11.8 Å². The number of thiazole rings is 1. The third-order valence-electron chi connectivity index (χ3n) is 2.36. The normalized spacial score (nSPS) is 11.1. The lowest BCUT2D eigenvalue weighted by Gasteiger charge is -2.03. The van der Waals surface area contributed by atoms with E-state index in [1.54, 1.807) is 20.8 Å². The second-order valence-corrected chi connectivity index (χ2v) is 5.65. The Labute approximate surface area is 111 Å². The number of carbonyl (C=O) groups is 2. The number of hydrogen-bond acceptors (Lipinski definition) is 5. The van der Waals surface area contributed by atoms with E-state index in [9.17, 15) is 9.59 Å². The molecule has 0 aromatic carbocycles. The SMILES string of the molecule is CCOC(=O)c1sc(C(C)C)nc1C(=O)C(C)C. The van der Waals surface area contributed by atoms with Crippen molar-refractivity contribution >= 4 is 23.1 Å². The van der Waals surface area contributed by atoms with Gasteiger partial charge in [-0.15, -0.1) is 11.3 Å². The fraction of sp³-hybridized carbons (Fsp3) is 0.615. The van der Waals surface area contributed by atoms with Gasteiger partial charge < -0.3 is 4.74 Å². The van der Waals surface area contributed by atoms with Gasteiger partial charge in [-0.2, -0.15) is 0 Å². The van der Waals surface area contributed by atoms with E-state index in [2.05, 4.69) is 4.98 Å². The van der Waals surface area contributed by atoms with Crippen LogP contribution in [0.1, 0.15) is 65.7 Å². The number of aromatic nitrogens is 1. The molecule has 0 aliphatic heterocycles. The van der Waals surface area contributed by atoms with Crippen LogP contribution in [0.5, 0.6) is 0 Å². The highest BCUT2D eigenvalue weighted by atomic mass is 32.1. The van der Waals surface area contributed by atoms with Gasteiger partial charge in [0.25, 0.3) is 0 Å². The summed E-state index contributed by atoms with van der Waals surface area (Å²) in [6, 6.07) is 0. The lowest BCUT2D eigenvalue weighted by Crippen LogP contribution is -2.14. The topological polar surface area (TPSA) is 56.3 Å². The molecule has 100 valence electrons.